The van der Waals surface area contributed by atoms with Gasteiger partial charge in [0.25, 0.3) is 0 Å². The molecular formula is C18H21Cl2NO. The van der Waals surface area contributed by atoms with Gasteiger partial charge >= 0.3 is 0 Å². The normalized spacial score (nSPS) is 10.3. The zero-order chi connectivity index (χ0) is 14.1. The quantitative estimate of drug-likeness (QED) is 0.683. The first-order chi connectivity index (χ1) is 9.65. The zero-order valence-corrected chi connectivity index (χ0v) is 14.3. The number of para-hydroxylation sites is 1. The molecule has 22 heavy (non-hydrogen) atoms. The third-order valence-electron chi connectivity index (χ3n) is 3.71. The zero-order valence-electron chi connectivity index (χ0n) is 12.7. The molecule has 0 radical (unpaired) electrons. The van der Waals surface area contributed by atoms with Gasteiger partial charge in [-0.3, -0.25) is 0 Å². The van der Waals surface area contributed by atoms with Gasteiger partial charge in [-0.05, 0) is 41.1 Å². The van der Waals surface area contributed by atoms with Gasteiger partial charge in [0.1, 0.15) is 5.75 Å². The number of phenols is 1. The van der Waals surface area contributed by atoms with E-state index in [9.17, 15) is 5.11 Å². The molecule has 0 unspecified atom stereocenters. The largest absolute Gasteiger partial charge is 0.508 e. The summed E-state index contributed by atoms with van der Waals surface area (Å²) in [5.74, 6) is 0.801. The lowest BCUT2D eigenvalue weighted by Gasteiger charge is -2.13. The average Bonchev–Trinajstić information content (AvgIpc) is 2.81. The Morgan fingerprint density at radius 1 is 0.955 bits per heavy atom. The van der Waals surface area contributed by atoms with E-state index in [-0.39, 0.29) is 24.8 Å². The Balaban J connectivity index is 0.00000121. The number of aromatic hydroxyl groups is 1. The van der Waals surface area contributed by atoms with Crippen molar-refractivity contribution in [3.05, 3.63) is 65.9 Å². The smallest absolute Gasteiger partial charge is 0.115 e. The Labute approximate surface area is 143 Å². The molecule has 1 heterocycles. The van der Waals surface area contributed by atoms with Crippen molar-refractivity contribution in [2.45, 2.75) is 26.3 Å². The van der Waals surface area contributed by atoms with Crippen LogP contribution in [0.3, 0.4) is 0 Å². The minimum Gasteiger partial charge on any atom is -0.508 e. The number of benzene rings is 2. The van der Waals surface area contributed by atoms with Crippen LogP contribution in [0.2, 0.25) is 0 Å². The van der Waals surface area contributed by atoms with Crippen molar-refractivity contribution in [2.24, 2.45) is 0 Å². The van der Waals surface area contributed by atoms with Crippen molar-refractivity contribution in [3.8, 4) is 5.75 Å². The molecule has 0 saturated heterocycles. The van der Waals surface area contributed by atoms with E-state index < -0.39 is 0 Å². The van der Waals surface area contributed by atoms with Crippen LogP contribution in [0.1, 0.15) is 31.0 Å². The van der Waals surface area contributed by atoms with Crippen molar-refractivity contribution in [1.29, 1.82) is 0 Å². The van der Waals surface area contributed by atoms with E-state index in [0.717, 1.165) is 6.54 Å². The average molecular weight is 338 g/mol. The van der Waals surface area contributed by atoms with Gasteiger partial charge in [0.2, 0.25) is 0 Å². The van der Waals surface area contributed by atoms with E-state index in [1.165, 1.54) is 22.2 Å². The van der Waals surface area contributed by atoms with Crippen molar-refractivity contribution in [1.82, 2.24) is 4.57 Å². The number of fused-ring (bicyclic) bond motifs is 1. The molecule has 0 fully saturated rings. The fraction of sp³-hybridized carbons (Fsp3) is 0.222. The highest BCUT2D eigenvalue weighted by Gasteiger charge is 2.11. The molecule has 0 saturated carbocycles. The highest BCUT2D eigenvalue weighted by Crippen LogP contribution is 2.26. The van der Waals surface area contributed by atoms with Gasteiger partial charge in [-0.25, -0.2) is 0 Å². The van der Waals surface area contributed by atoms with Gasteiger partial charge in [-0.2, -0.15) is 0 Å². The highest BCUT2D eigenvalue weighted by molar-refractivity contribution is 5.85. The van der Waals surface area contributed by atoms with Crippen LogP contribution in [0.5, 0.6) is 5.75 Å². The van der Waals surface area contributed by atoms with E-state index in [4.69, 9.17) is 0 Å². The van der Waals surface area contributed by atoms with Crippen molar-refractivity contribution in [2.75, 3.05) is 0 Å². The number of phenolic OH excluding ortho intramolecular Hbond substituents is 1. The van der Waals surface area contributed by atoms with Crippen LogP contribution in [0.15, 0.2) is 54.6 Å². The molecule has 0 bridgehead atoms. The Morgan fingerprint density at radius 3 is 2.23 bits per heavy atom. The summed E-state index contributed by atoms with van der Waals surface area (Å²) in [6, 6.07) is 18.2. The van der Waals surface area contributed by atoms with E-state index in [0.29, 0.717) is 11.7 Å². The SMILES string of the molecule is CC(C)c1cc2ccccc2n1Cc1ccc(O)cc1.Cl.Cl. The molecule has 0 aliphatic rings. The molecule has 4 heteroatoms. The van der Waals surface area contributed by atoms with Gasteiger partial charge in [-0.15, -0.1) is 24.8 Å². The Bertz CT molecular complexity index is 732. The van der Waals surface area contributed by atoms with E-state index >= 15 is 0 Å². The molecule has 0 aliphatic carbocycles. The number of hydrogen-bond acceptors (Lipinski definition) is 1. The monoisotopic (exact) mass is 337 g/mol. The topological polar surface area (TPSA) is 25.2 Å². The number of nitrogens with zero attached hydrogens (tertiary/aromatic N) is 1. The van der Waals surface area contributed by atoms with Crippen molar-refractivity contribution >= 4 is 35.7 Å². The highest BCUT2D eigenvalue weighted by atomic mass is 35.5. The van der Waals surface area contributed by atoms with Crippen LogP contribution < -0.4 is 0 Å². The van der Waals surface area contributed by atoms with Gasteiger partial charge in [0.15, 0.2) is 0 Å². The lowest BCUT2D eigenvalue weighted by molar-refractivity contribution is 0.475. The molecule has 3 aromatic rings. The molecule has 1 N–H and O–H groups in total. The molecule has 2 aromatic carbocycles. The summed E-state index contributed by atoms with van der Waals surface area (Å²) in [7, 11) is 0. The first-order valence-corrected chi connectivity index (χ1v) is 7.01. The van der Waals surface area contributed by atoms with Crippen LogP contribution in [0.25, 0.3) is 10.9 Å². The summed E-state index contributed by atoms with van der Waals surface area (Å²) in [6.45, 7) is 5.28. The molecule has 3 rings (SSSR count). The molecular weight excluding hydrogens is 317 g/mol. The van der Waals surface area contributed by atoms with Crippen molar-refractivity contribution in [3.63, 3.8) is 0 Å². The number of halogens is 2. The molecule has 0 atom stereocenters. The fourth-order valence-corrected chi connectivity index (χ4v) is 2.67. The van der Waals surface area contributed by atoms with Crippen molar-refractivity contribution < 1.29 is 5.11 Å². The maximum Gasteiger partial charge on any atom is 0.115 e. The molecule has 118 valence electrons. The van der Waals surface area contributed by atoms with Crippen LogP contribution in [0.4, 0.5) is 0 Å². The number of aromatic nitrogens is 1. The predicted molar refractivity (Wildman–Crippen MR) is 97.7 cm³/mol. The first kappa shape index (κ1) is 18.4. The van der Waals surface area contributed by atoms with Crippen LogP contribution >= 0.6 is 24.8 Å². The van der Waals surface area contributed by atoms with Crippen LogP contribution in [-0.2, 0) is 6.54 Å². The Kier molecular flexibility index (Phi) is 6.34. The van der Waals surface area contributed by atoms with Gasteiger partial charge in [0, 0.05) is 17.8 Å². The van der Waals surface area contributed by atoms with Gasteiger partial charge in [-0.1, -0.05) is 44.2 Å². The molecule has 2 nitrogen and oxygen atoms in total. The molecule has 0 amide bonds. The van der Waals surface area contributed by atoms with Gasteiger partial charge in [0.05, 0.1) is 0 Å². The van der Waals surface area contributed by atoms with Crippen LogP contribution in [-0.4, -0.2) is 9.67 Å². The van der Waals surface area contributed by atoms with E-state index in [2.05, 4.69) is 48.7 Å². The number of hydrogen-bond donors (Lipinski definition) is 1. The lowest BCUT2D eigenvalue weighted by Crippen LogP contribution is -2.05. The van der Waals surface area contributed by atoms with E-state index in [1.54, 1.807) is 12.1 Å². The third kappa shape index (κ3) is 3.57. The predicted octanol–water partition coefficient (Wildman–Crippen LogP) is 5.36. The second-order valence-electron chi connectivity index (χ2n) is 5.54. The summed E-state index contributed by atoms with van der Waals surface area (Å²) in [6.07, 6.45) is 0. The van der Waals surface area contributed by atoms with E-state index in [1.807, 2.05) is 12.1 Å². The lowest BCUT2D eigenvalue weighted by atomic mass is 10.1. The summed E-state index contributed by atoms with van der Waals surface area (Å²) in [4.78, 5) is 0. The minimum absolute atomic E-state index is 0. The molecule has 0 aliphatic heterocycles. The second-order valence-corrected chi connectivity index (χ2v) is 5.54. The van der Waals surface area contributed by atoms with Gasteiger partial charge < -0.3 is 9.67 Å². The number of rotatable bonds is 3. The second kappa shape index (κ2) is 7.57. The summed E-state index contributed by atoms with van der Waals surface area (Å²) in [5, 5.41) is 10.7. The third-order valence-corrected chi connectivity index (χ3v) is 3.71. The summed E-state index contributed by atoms with van der Waals surface area (Å²) in [5.41, 5.74) is 3.81. The fourth-order valence-electron chi connectivity index (χ4n) is 2.67. The standard InChI is InChI=1S/C18H19NO.2ClH/c1-13(2)18-11-15-5-3-4-6-17(15)19(18)12-14-7-9-16(20)10-8-14;;/h3-11,13,20H,12H2,1-2H3;2*1H. The summed E-state index contributed by atoms with van der Waals surface area (Å²) < 4.78 is 2.37. The maximum atomic E-state index is 9.39. The first-order valence-electron chi connectivity index (χ1n) is 7.01. The molecule has 1 aromatic heterocycles. The Morgan fingerprint density at radius 2 is 1.59 bits per heavy atom. The molecule has 0 spiro atoms. The Hall–Kier alpha value is -1.64. The minimum atomic E-state index is 0. The van der Waals surface area contributed by atoms with Crippen LogP contribution in [0, 0.1) is 0 Å². The summed E-state index contributed by atoms with van der Waals surface area (Å²) >= 11 is 0. The maximum absolute atomic E-state index is 9.39.